The van der Waals surface area contributed by atoms with Gasteiger partial charge in [-0.15, -0.1) is 0 Å². The van der Waals surface area contributed by atoms with Gasteiger partial charge in [0.1, 0.15) is 0 Å². The van der Waals surface area contributed by atoms with Crippen molar-refractivity contribution in [3.05, 3.63) is 41.6 Å². The average molecular weight is 213 g/mol. The highest BCUT2D eigenvalue weighted by molar-refractivity contribution is 7.91. The molecule has 0 aromatic heterocycles. The molecule has 1 radical (unpaired) electrons. The van der Waals surface area contributed by atoms with E-state index in [-0.39, 0.29) is 11.3 Å². The van der Waals surface area contributed by atoms with E-state index < -0.39 is 15.8 Å². The van der Waals surface area contributed by atoms with E-state index in [1.54, 1.807) is 0 Å². The summed E-state index contributed by atoms with van der Waals surface area (Å²) in [5.41, 5.74) is 0.667. The Bertz CT molecular complexity index is 430. The lowest BCUT2D eigenvalue weighted by molar-refractivity contribution is 0.0697. The molecule has 1 N–H and O–H groups in total. The van der Waals surface area contributed by atoms with Gasteiger partial charge in [0.25, 0.3) is 0 Å². The Morgan fingerprint density at radius 2 is 1.79 bits per heavy atom. The zero-order valence-corrected chi connectivity index (χ0v) is 8.12. The van der Waals surface area contributed by atoms with Crippen LogP contribution in [-0.4, -0.2) is 19.5 Å². The van der Waals surface area contributed by atoms with Gasteiger partial charge >= 0.3 is 5.97 Å². The first-order chi connectivity index (χ1) is 6.38. The van der Waals surface area contributed by atoms with E-state index in [1.165, 1.54) is 24.3 Å². The fourth-order valence-electron chi connectivity index (χ4n) is 0.997. The van der Waals surface area contributed by atoms with E-state index >= 15 is 0 Å². The first-order valence-electron chi connectivity index (χ1n) is 3.76. The third-order valence-electron chi connectivity index (χ3n) is 1.59. The highest BCUT2D eigenvalue weighted by Gasteiger charge is 2.06. The number of hydrogen-bond donors (Lipinski definition) is 1. The Labute approximate surface area is 82.1 Å². The molecule has 0 aliphatic heterocycles. The molecule has 1 rings (SSSR count). The van der Waals surface area contributed by atoms with E-state index in [0.29, 0.717) is 5.56 Å². The van der Waals surface area contributed by atoms with Crippen LogP contribution in [0.4, 0.5) is 0 Å². The van der Waals surface area contributed by atoms with Crippen molar-refractivity contribution in [2.45, 2.75) is 5.75 Å². The van der Waals surface area contributed by atoms with Gasteiger partial charge in [0.15, 0.2) is 9.84 Å². The Hall–Kier alpha value is -1.36. The second-order valence-corrected chi connectivity index (χ2v) is 4.67. The number of carbonyl (C=O) groups is 1. The third-order valence-corrected chi connectivity index (χ3v) is 2.36. The summed E-state index contributed by atoms with van der Waals surface area (Å²) in [5, 5.41) is 8.58. The van der Waals surface area contributed by atoms with Crippen LogP contribution in [0.2, 0.25) is 0 Å². The van der Waals surface area contributed by atoms with E-state index in [1.807, 2.05) is 0 Å². The summed E-state index contributed by atoms with van der Waals surface area (Å²) in [4.78, 5) is 10.5. The number of carboxylic acid groups (broad SMARTS) is 1. The van der Waals surface area contributed by atoms with Gasteiger partial charge in [-0.05, 0) is 17.7 Å². The maximum Gasteiger partial charge on any atom is 0.335 e. The van der Waals surface area contributed by atoms with Crippen LogP contribution in [0.25, 0.3) is 0 Å². The normalized spacial score (nSPS) is 11.2. The van der Waals surface area contributed by atoms with E-state index in [9.17, 15) is 13.2 Å². The fourth-order valence-corrected chi connectivity index (χ4v) is 1.70. The van der Waals surface area contributed by atoms with Gasteiger partial charge in [-0.2, -0.15) is 0 Å². The lowest BCUT2D eigenvalue weighted by Gasteiger charge is -1.99. The molecule has 0 amide bonds. The maximum atomic E-state index is 10.8. The molecule has 0 heterocycles. The van der Waals surface area contributed by atoms with Gasteiger partial charge in [-0.1, -0.05) is 12.1 Å². The molecule has 75 valence electrons. The predicted octanol–water partition coefficient (Wildman–Crippen LogP) is 1.09. The summed E-state index contributed by atoms with van der Waals surface area (Å²) in [5.74, 6) is -1.21. The van der Waals surface area contributed by atoms with Crippen LogP contribution in [-0.2, 0) is 15.6 Å². The topological polar surface area (TPSA) is 71.4 Å². The van der Waals surface area contributed by atoms with Gasteiger partial charge in [-0.3, -0.25) is 0 Å². The molecule has 0 unspecified atom stereocenters. The molecule has 0 saturated carbocycles. The third kappa shape index (κ3) is 3.18. The van der Waals surface area contributed by atoms with Crippen molar-refractivity contribution < 1.29 is 18.3 Å². The SMILES string of the molecule is [CH2]S(=O)(=O)Cc1ccc(C(=O)O)cc1. The van der Waals surface area contributed by atoms with Gasteiger partial charge in [0, 0.05) is 0 Å². The second-order valence-electron chi connectivity index (χ2n) is 2.89. The summed E-state index contributed by atoms with van der Waals surface area (Å²) in [7, 11) is -3.31. The van der Waals surface area contributed by atoms with Crippen LogP contribution in [0.3, 0.4) is 0 Å². The van der Waals surface area contributed by atoms with Crippen LogP contribution < -0.4 is 0 Å². The smallest absolute Gasteiger partial charge is 0.335 e. The summed E-state index contributed by atoms with van der Waals surface area (Å²) in [6, 6.07) is 5.66. The molecule has 0 fully saturated rings. The van der Waals surface area contributed by atoms with Crippen LogP contribution in [0.1, 0.15) is 15.9 Å². The number of sulfone groups is 1. The zero-order valence-electron chi connectivity index (χ0n) is 7.30. The molecule has 1 aromatic rings. The second kappa shape index (κ2) is 3.79. The van der Waals surface area contributed by atoms with Crippen molar-refractivity contribution in [3.8, 4) is 0 Å². The van der Waals surface area contributed by atoms with Gasteiger partial charge in [0.05, 0.1) is 17.6 Å². The standard InChI is InChI=1S/C9H9O4S/c1-14(12,13)6-7-2-4-8(5-3-7)9(10)11/h2-5H,1,6H2,(H,10,11). The van der Waals surface area contributed by atoms with E-state index in [4.69, 9.17) is 5.11 Å². The summed E-state index contributed by atoms with van der Waals surface area (Å²) >= 11 is 0. The van der Waals surface area contributed by atoms with Gasteiger partial charge < -0.3 is 5.11 Å². The Balaban J connectivity index is 2.90. The average Bonchev–Trinajstić information content (AvgIpc) is 2.02. The molecule has 14 heavy (non-hydrogen) atoms. The van der Waals surface area contributed by atoms with Crippen LogP contribution in [0, 0.1) is 6.26 Å². The number of hydrogen-bond acceptors (Lipinski definition) is 3. The Kier molecular flexibility index (Phi) is 2.90. The summed E-state index contributed by atoms with van der Waals surface area (Å²) < 4.78 is 21.6. The molecule has 0 aliphatic carbocycles. The highest BCUT2D eigenvalue weighted by Crippen LogP contribution is 2.08. The molecule has 0 aliphatic rings. The van der Waals surface area contributed by atoms with Crippen molar-refractivity contribution in [2.75, 3.05) is 0 Å². The van der Waals surface area contributed by atoms with Crippen molar-refractivity contribution >= 4 is 15.8 Å². The monoisotopic (exact) mass is 213 g/mol. The summed E-state index contributed by atoms with van der Waals surface area (Å²) in [6.07, 6.45) is 2.98. The molecule has 1 aromatic carbocycles. The number of rotatable bonds is 3. The molecule has 5 heteroatoms. The lowest BCUT2D eigenvalue weighted by Crippen LogP contribution is -2.00. The van der Waals surface area contributed by atoms with Crippen molar-refractivity contribution in [2.24, 2.45) is 0 Å². The largest absolute Gasteiger partial charge is 0.478 e. The Morgan fingerprint density at radius 1 is 1.29 bits per heavy atom. The lowest BCUT2D eigenvalue weighted by atomic mass is 10.1. The Morgan fingerprint density at radius 3 is 2.14 bits per heavy atom. The van der Waals surface area contributed by atoms with Crippen LogP contribution in [0.5, 0.6) is 0 Å². The number of aromatic carboxylic acids is 1. The first-order valence-corrected chi connectivity index (χ1v) is 5.58. The first kappa shape index (κ1) is 10.7. The van der Waals surface area contributed by atoms with Crippen LogP contribution in [0.15, 0.2) is 24.3 Å². The maximum absolute atomic E-state index is 10.8. The molecule has 4 nitrogen and oxygen atoms in total. The molecular weight excluding hydrogens is 204 g/mol. The van der Waals surface area contributed by atoms with Gasteiger partial charge in [-0.25, -0.2) is 13.2 Å². The zero-order chi connectivity index (χ0) is 10.8. The minimum absolute atomic E-state index is 0.134. The summed E-state index contributed by atoms with van der Waals surface area (Å²) in [6.45, 7) is 0. The molecule has 0 spiro atoms. The van der Waals surface area contributed by atoms with Crippen molar-refractivity contribution in [1.82, 2.24) is 0 Å². The van der Waals surface area contributed by atoms with E-state index in [2.05, 4.69) is 6.26 Å². The van der Waals surface area contributed by atoms with Crippen LogP contribution >= 0.6 is 0 Å². The minimum Gasteiger partial charge on any atom is -0.478 e. The van der Waals surface area contributed by atoms with E-state index in [0.717, 1.165) is 0 Å². The van der Waals surface area contributed by atoms with Gasteiger partial charge in [0.2, 0.25) is 0 Å². The molecule has 0 bridgehead atoms. The quantitative estimate of drug-likeness (QED) is 0.815. The molecule has 0 saturated heterocycles. The number of benzene rings is 1. The highest BCUT2D eigenvalue weighted by atomic mass is 32.2. The number of carboxylic acids is 1. The van der Waals surface area contributed by atoms with Crippen molar-refractivity contribution in [1.29, 1.82) is 0 Å². The molecular formula is C9H9O4S. The molecule has 0 atom stereocenters. The van der Waals surface area contributed by atoms with Crippen molar-refractivity contribution in [3.63, 3.8) is 0 Å². The minimum atomic E-state index is -3.31. The fraction of sp³-hybridized carbons (Fsp3) is 0.111. The predicted molar refractivity (Wildman–Crippen MR) is 51.4 cm³/mol.